The van der Waals surface area contributed by atoms with Crippen LogP contribution in [0.25, 0.3) is 0 Å². The van der Waals surface area contributed by atoms with E-state index in [1.807, 2.05) is 0 Å². The Morgan fingerprint density at radius 3 is 2.15 bits per heavy atom. The third kappa shape index (κ3) is 2.38. The van der Waals surface area contributed by atoms with E-state index in [1.54, 1.807) is 0 Å². The molecule has 0 aliphatic carbocycles. The van der Waals surface area contributed by atoms with Crippen molar-refractivity contribution in [3.63, 3.8) is 0 Å². The number of hydrogen-bond donors (Lipinski definition) is 0. The molecule has 2 nitrogen and oxygen atoms in total. The highest BCUT2D eigenvalue weighted by molar-refractivity contribution is 5.58. The molecule has 0 saturated heterocycles. The van der Waals surface area contributed by atoms with Gasteiger partial charge in [0.2, 0.25) is 0 Å². The summed E-state index contributed by atoms with van der Waals surface area (Å²) in [6.45, 7) is 6.37. The molecular formula is C18H22N2. The third-order valence-corrected chi connectivity index (χ3v) is 4.00. The summed E-state index contributed by atoms with van der Waals surface area (Å²) in [5.41, 5.74) is 8.20. The van der Waals surface area contributed by atoms with Crippen molar-refractivity contribution in [2.45, 2.75) is 26.9 Å². The number of rotatable bonds is 2. The van der Waals surface area contributed by atoms with E-state index >= 15 is 0 Å². The first-order valence-electron chi connectivity index (χ1n) is 7.15. The van der Waals surface area contributed by atoms with Gasteiger partial charge in [-0.25, -0.2) is 0 Å². The maximum absolute atomic E-state index is 2.46. The molecule has 3 rings (SSSR count). The fourth-order valence-corrected chi connectivity index (χ4v) is 2.97. The van der Waals surface area contributed by atoms with Crippen molar-refractivity contribution in [1.82, 2.24) is 0 Å². The molecule has 0 fully saturated rings. The first-order valence-corrected chi connectivity index (χ1v) is 7.15. The Balaban J connectivity index is 1.90. The lowest BCUT2D eigenvalue weighted by molar-refractivity contribution is 0.878. The van der Waals surface area contributed by atoms with E-state index in [9.17, 15) is 0 Å². The van der Waals surface area contributed by atoms with E-state index < -0.39 is 0 Å². The van der Waals surface area contributed by atoms with Crippen molar-refractivity contribution in [3.8, 4) is 0 Å². The van der Waals surface area contributed by atoms with Gasteiger partial charge in [-0.05, 0) is 60.4 Å². The summed E-state index contributed by atoms with van der Waals surface area (Å²) in [6, 6.07) is 13.6. The second-order valence-electron chi connectivity index (χ2n) is 6.05. The van der Waals surface area contributed by atoms with Gasteiger partial charge in [0.05, 0.1) is 0 Å². The molecule has 0 amide bonds. The van der Waals surface area contributed by atoms with Gasteiger partial charge in [-0.15, -0.1) is 0 Å². The molecule has 1 aliphatic rings. The standard InChI is InChI=1S/C18H22N2/c1-13-7-14(2)9-18(8-13)20-11-15-5-6-17(19(3)4)10-16(15)12-20/h5-10H,11-12H2,1-4H3. The van der Waals surface area contributed by atoms with Crippen LogP contribution in [0.1, 0.15) is 22.3 Å². The smallest absolute Gasteiger partial charge is 0.0437 e. The van der Waals surface area contributed by atoms with Gasteiger partial charge in [0.1, 0.15) is 0 Å². The van der Waals surface area contributed by atoms with Crippen molar-refractivity contribution in [3.05, 3.63) is 58.7 Å². The lowest BCUT2D eigenvalue weighted by Gasteiger charge is -2.19. The minimum absolute atomic E-state index is 1.01. The number of benzene rings is 2. The van der Waals surface area contributed by atoms with E-state index in [1.165, 1.54) is 33.6 Å². The summed E-state index contributed by atoms with van der Waals surface area (Å²) in [7, 11) is 4.19. The van der Waals surface area contributed by atoms with Crippen LogP contribution in [-0.4, -0.2) is 14.1 Å². The predicted molar refractivity (Wildman–Crippen MR) is 86.6 cm³/mol. The molecular weight excluding hydrogens is 244 g/mol. The Labute approximate surface area is 121 Å². The summed E-state index contributed by atoms with van der Waals surface area (Å²) >= 11 is 0. The zero-order valence-corrected chi connectivity index (χ0v) is 12.8. The summed E-state index contributed by atoms with van der Waals surface area (Å²) < 4.78 is 0. The molecule has 1 aliphatic heterocycles. The Bertz CT molecular complexity index is 624. The summed E-state index contributed by atoms with van der Waals surface area (Å²) in [6.07, 6.45) is 0. The first-order chi connectivity index (χ1) is 9.52. The van der Waals surface area contributed by atoms with Gasteiger partial charge in [0.25, 0.3) is 0 Å². The van der Waals surface area contributed by atoms with Crippen molar-refractivity contribution in [2.24, 2.45) is 0 Å². The molecule has 0 aromatic heterocycles. The van der Waals surface area contributed by atoms with Gasteiger partial charge in [0.15, 0.2) is 0 Å². The quantitative estimate of drug-likeness (QED) is 0.813. The Morgan fingerprint density at radius 1 is 0.850 bits per heavy atom. The molecule has 0 spiro atoms. The molecule has 0 radical (unpaired) electrons. The van der Waals surface area contributed by atoms with Crippen LogP contribution in [0.5, 0.6) is 0 Å². The Morgan fingerprint density at radius 2 is 1.50 bits per heavy atom. The van der Waals surface area contributed by atoms with Crippen LogP contribution in [0.2, 0.25) is 0 Å². The molecule has 0 unspecified atom stereocenters. The SMILES string of the molecule is Cc1cc(C)cc(N2Cc3ccc(N(C)C)cc3C2)c1. The minimum atomic E-state index is 1.01. The highest BCUT2D eigenvalue weighted by atomic mass is 15.1. The third-order valence-electron chi connectivity index (χ3n) is 4.00. The van der Waals surface area contributed by atoms with E-state index in [0.717, 1.165) is 13.1 Å². The predicted octanol–water partition coefficient (Wildman–Crippen LogP) is 3.89. The monoisotopic (exact) mass is 266 g/mol. The molecule has 20 heavy (non-hydrogen) atoms. The van der Waals surface area contributed by atoms with Crippen LogP contribution in [0.4, 0.5) is 11.4 Å². The average Bonchev–Trinajstić information content (AvgIpc) is 2.80. The number of aryl methyl sites for hydroxylation is 2. The molecule has 2 aromatic rings. The fourth-order valence-electron chi connectivity index (χ4n) is 2.97. The zero-order chi connectivity index (χ0) is 14.3. The lowest BCUT2D eigenvalue weighted by Crippen LogP contribution is -2.14. The van der Waals surface area contributed by atoms with Gasteiger partial charge in [-0.1, -0.05) is 12.1 Å². The summed E-state index contributed by atoms with van der Waals surface area (Å²) in [5, 5.41) is 0. The van der Waals surface area contributed by atoms with E-state index in [-0.39, 0.29) is 0 Å². The first kappa shape index (κ1) is 13.0. The topological polar surface area (TPSA) is 6.48 Å². The maximum Gasteiger partial charge on any atom is 0.0437 e. The minimum Gasteiger partial charge on any atom is -0.378 e. The molecule has 2 aromatic carbocycles. The number of anilines is 2. The van der Waals surface area contributed by atoms with Crippen molar-refractivity contribution >= 4 is 11.4 Å². The molecule has 0 N–H and O–H groups in total. The second-order valence-corrected chi connectivity index (χ2v) is 6.05. The number of hydrogen-bond acceptors (Lipinski definition) is 2. The Kier molecular flexibility index (Phi) is 3.17. The Hall–Kier alpha value is -1.96. The molecule has 0 saturated carbocycles. The molecule has 2 heteroatoms. The zero-order valence-electron chi connectivity index (χ0n) is 12.8. The second kappa shape index (κ2) is 4.86. The normalized spacial score (nSPS) is 13.5. The van der Waals surface area contributed by atoms with Gasteiger partial charge < -0.3 is 9.80 Å². The van der Waals surface area contributed by atoms with E-state index in [0.29, 0.717) is 0 Å². The van der Waals surface area contributed by atoms with Crippen LogP contribution in [-0.2, 0) is 13.1 Å². The lowest BCUT2D eigenvalue weighted by atomic mass is 10.1. The van der Waals surface area contributed by atoms with Crippen LogP contribution in [0, 0.1) is 13.8 Å². The van der Waals surface area contributed by atoms with Gasteiger partial charge in [0, 0.05) is 38.6 Å². The van der Waals surface area contributed by atoms with Crippen molar-refractivity contribution in [1.29, 1.82) is 0 Å². The van der Waals surface area contributed by atoms with E-state index in [2.05, 4.69) is 74.1 Å². The van der Waals surface area contributed by atoms with Crippen molar-refractivity contribution in [2.75, 3.05) is 23.9 Å². The van der Waals surface area contributed by atoms with Crippen molar-refractivity contribution < 1.29 is 0 Å². The van der Waals surface area contributed by atoms with Crippen LogP contribution in [0.3, 0.4) is 0 Å². The van der Waals surface area contributed by atoms with Crippen LogP contribution >= 0.6 is 0 Å². The number of fused-ring (bicyclic) bond motifs is 1. The highest BCUT2D eigenvalue weighted by Crippen LogP contribution is 2.31. The summed E-state index contributed by atoms with van der Waals surface area (Å²) in [4.78, 5) is 4.63. The van der Waals surface area contributed by atoms with E-state index in [4.69, 9.17) is 0 Å². The van der Waals surface area contributed by atoms with Crippen LogP contribution < -0.4 is 9.80 Å². The molecule has 104 valence electrons. The highest BCUT2D eigenvalue weighted by Gasteiger charge is 2.20. The van der Waals surface area contributed by atoms with Gasteiger partial charge in [-0.3, -0.25) is 0 Å². The molecule has 0 bridgehead atoms. The van der Waals surface area contributed by atoms with Gasteiger partial charge in [-0.2, -0.15) is 0 Å². The summed E-state index contributed by atoms with van der Waals surface area (Å²) in [5.74, 6) is 0. The average molecular weight is 266 g/mol. The molecule has 0 atom stereocenters. The number of nitrogens with zero attached hydrogens (tertiary/aromatic N) is 2. The van der Waals surface area contributed by atoms with Gasteiger partial charge >= 0.3 is 0 Å². The fraction of sp³-hybridized carbons (Fsp3) is 0.333. The maximum atomic E-state index is 2.46. The van der Waals surface area contributed by atoms with Crippen LogP contribution in [0.15, 0.2) is 36.4 Å². The largest absolute Gasteiger partial charge is 0.378 e. The molecule has 1 heterocycles.